The number of benzene rings is 3. The smallest absolute Gasteiger partial charge is 0.290 e. The highest BCUT2D eigenvalue weighted by Crippen LogP contribution is 2.23. The lowest BCUT2D eigenvalue weighted by Gasteiger charge is -2.07. The molecule has 3 aromatic carbocycles. The number of hydrogen-bond acceptors (Lipinski definition) is 4. The monoisotopic (exact) mass is 409 g/mol. The summed E-state index contributed by atoms with van der Waals surface area (Å²) in [4.78, 5) is 17.5. The number of anilines is 1. The molecule has 0 aliphatic carbocycles. The molecule has 6 heteroatoms. The van der Waals surface area contributed by atoms with Gasteiger partial charge in [-0.15, -0.1) is 0 Å². The molecule has 4 rings (SSSR count). The fraction of sp³-hybridized carbons (Fsp3) is 0.0500. The average Bonchev–Trinajstić information content (AvgIpc) is 2.63. The molecule has 0 atom stereocenters. The minimum Gasteiger partial charge on any atom is -0.483 e. The summed E-state index contributed by atoms with van der Waals surface area (Å²) in [6, 6.07) is 20.6. The van der Waals surface area contributed by atoms with Crippen LogP contribution in [-0.2, 0) is 11.2 Å². The second kappa shape index (κ2) is 7.93. The Morgan fingerprint density at radius 2 is 1.73 bits per heavy atom. The molecule has 0 aliphatic heterocycles. The predicted molar refractivity (Wildman–Crippen MR) is 107 cm³/mol. The van der Waals surface area contributed by atoms with Crippen LogP contribution in [0.5, 0.6) is 0 Å². The van der Waals surface area contributed by atoms with Gasteiger partial charge in [-0.2, -0.15) is 0 Å². The Morgan fingerprint density at radius 1 is 1.00 bits per heavy atom. The Kier molecular flexibility index (Phi) is 5.43. The topological polar surface area (TPSA) is 89.1 Å². The summed E-state index contributed by atoms with van der Waals surface area (Å²) in [5, 5.41) is 10.2. The molecule has 0 radical (unpaired) electrons. The SMILES string of the molecule is Nc1nc(Cc2ccc3ccccc3c2)nc2ccc(Br)cc12.O=CO. The van der Waals surface area contributed by atoms with Gasteiger partial charge in [0.2, 0.25) is 0 Å². The summed E-state index contributed by atoms with van der Waals surface area (Å²) >= 11 is 3.45. The Morgan fingerprint density at radius 3 is 2.50 bits per heavy atom. The zero-order chi connectivity index (χ0) is 18.5. The molecule has 0 saturated heterocycles. The van der Waals surface area contributed by atoms with Gasteiger partial charge in [-0.25, -0.2) is 9.97 Å². The van der Waals surface area contributed by atoms with E-state index >= 15 is 0 Å². The standard InChI is InChI=1S/C19H14BrN3.CH2O2/c20-15-7-8-17-16(11-15)19(21)23-18(22-17)10-12-5-6-13-3-1-2-4-14(13)9-12;2-1-3/h1-9,11H,10H2,(H2,21,22,23);1H,(H,2,3). The first kappa shape index (κ1) is 17.8. The summed E-state index contributed by atoms with van der Waals surface area (Å²) < 4.78 is 0.975. The summed E-state index contributed by atoms with van der Waals surface area (Å²) in [5.41, 5.74) is 8.15. The number of fused-ring (bicyclic) bond motifs is 2. The van der Waals surface area contributed by atoms with Crippen LogP contribution < -0.4 is 5.73 Å². The molecule has 0 spiro atoms. The second-order valence-electron chi connectivity index (χ2n) is 5.65. The number of halogens is 1. The van der Waals surface area contributed by atoms with Crippen molar-refractivity contribution >= 4 is 49.9 Å². The Labute approximate surface area is 158 Å². The van der Waals surface area contributed by atoms with Gasteiger partial charge in [-0.05, 0) is 34.5 Å². The van der Waals surface area contributed by atoms with E-state index in [1.165, 1.54) is 16.3 Å². The van der Waals surface area contributed by atoms with Gasteiger partial charge >= 0.3 is 0 Å². The molecule has 3 N–H and O–H groups in total. The second-order valence-corrected chi connectivity index (χ2v) is 6.57. The van der Waals surface area contributed by atoms with Crippen LogP contribution in [0.4, 0.5) is 5.82 Å². The van der Waals surface area contributed by atoms with Crippen molar-refractivity contribution in [3.63, 3.8) is 0 Å². The van der Waals surface area contributed by atoms with Crippen LogP contribution in [0.1, 0.15) is 11.4 Å². The Balaban J connectivity index is 0.000000613. The highest BCUT2D eigenvalue weighted by molar-refractivity contribution is 9.10. The number of rotatable bonds is 2. The summed E-state index contributed by atoms with van der Waals surface area (Å²) in [7, 11) is 0. The van der Waals surface area contributed by atoms with E-state index in [4.69, 9.17) is 15.6 Å². The summed E-state index contributed by atoms with van der Waals surface area (Å²) in [6.07, 6.45) is 0.668. The molecule has 130 valence electrons. The minimum atomic E-state index is -0.250. The Hall–Kier alpha value is -2.99. The van der Waals surface area contributed by atoms with Crippen molar-refractivity contribution in [3.8, 4) is 0 Å². The largest absolute Gasteiger partial charge is 0.483 e. The molecule has 1 aromatic heterocycles. The van der Waals surface area contributed by atoms with Crippen molar-refractivity contribution in [3.05, 3.63) is 76.5 Å². The molecular weight excluding hydrogens is 394 g/mol. The van der Waals surface area contributed by atoms with E-state index in [2.05, 4.69) is 62.3 Å². The van der Waals surface area contributed by atoms with E-state index < -0.39 is 0 Å². The van der Waals surface area contributed by atoms with Crippen molar-refractivity contribution in [1.29, 1.82) is 0 Å². The van der Waals surface area contributed by atoms with Crippen LogP contribution in [-0.4, -0.2) is 21.5 Å². The number of nitrogens with zero attached hydrogens (tertiary/aromatic N) is 2. The van der Waals surface area contributed by atoms with E-state index in [0.29, 0.717) is 12.2 Å². The Bertz CT molecular complexity index is 1080. The zero-order valence-electron chi connectivity index (χ0n) is 13.8. The molecule has 26 heavy (non-hydrogen) atoms. The normalized spacial score (nSPS) is 10.3. The highest BCUT2D eigenvalue weighted by atomic mass is 79.9. The van der Waals surface area contributed by atoms with E-state index in [0.717, 1.165) is 21.2 Å². The van der Waals surface area contributed by atoms with Crippen LogP contribution in [0.2, 0.25) is 0 Å². The van der Waals surface area contributed by atoms with Crippen molar-refractivity contribution in [1.82, 2.24) is 9.97 Å². The molecule has 0 unspecified atom stereocenters. The molecule has 0 bridgehead atoms. The summed E-state index contributed by atoms with van der Waals surface area (Å²) in [6.45, 7) is -0.250. The van der Waals surface area contributed by atoms with E-state index in [9.17, 15) is 0 Å². The maximum atomic E-state index is 8.36. The van der Waals surface area contributed by atoms with Crippen molar-refractivity contribution in [2.24, 2.45) is 0 Å². The van der Waals surface area contributed by atoms with E-state index in [1.807, 2.05) is 24.3 Å². The number of nitrogen functional groups attached to an aromatic ring is 1. The molecule has 0 amide bonds. The van der Waals surface area contributed by atoms with Gasteiger partial charge in [0.1, 0.15) is 11.6 Å². The third-order valence-electron chi connectivity index (χ3n) is 3.91. The number of carboxylic acid groups (broad SMARTS) is 1. The molecular formula is C20H16BrN3O2. The lowest BCUT2D eigenvalue weighted by atomic mass is 10.0. The van der Waals surface area contributed by atoms with Crippen LogP contribution >= 0.6 is 15.9 Å². The van der Waals surface area contributed by atoms with Crippen LogP contribution in [0.25, 0.3) is 21.7 Å². The molecule has 0 aliphatic rings. The third kappa shape index (κ3) is 3.97. The molecule has 5 nitrogen and oxygen atoms in total. The van der Waals surface area contributed by atoms with Crippen molar-refractivity contribution in [2.75, 3.05) is 5.73 Å². The first-order valence-corrected chi connectivity index (χ1v) is 8.67. The van der Waals surface area contributed by atoms with Gasteiger partial charge in [0, 0.05) is 16.3 Å². The maximum absolute atomic E-state index is 8.36. The van der Waals surface area contributed by atoms with Crippen LogP contribution in [0.3, 0.4) is 0 Å². The highest BCUT2D eigenvalue weighted by Gasteiger charge is 2.07. The van der Waals surface area contributed by atoms with Gasteiger partial charge in [0.15, 0.2) is 0 Å². The van der Waals surface area contributed by atoms with Crippen molar-refractivity contribution < 1.29 is 9.90 Å². The predicted octanol–water partition coefficient (Wildman–Crippen LogP) is 4.42. The van der Waals surface area contributed by atoms with E-state index in [-0.39, 0.29) is 6.47 Å². The lowest BCUT2D eigenvalue weighted by molar-refractivity contribution is -0.122. The van der Waals surface area contributed by atoms with Gasteiger partial charge in [-0.3, -0.25) is 4.79 Å². The van der Waals surface area contributed by atoms with Crippen molar-refractivity contribution in [2.45, 2.75) is 6.42 Å². The van der Waals surface area contributed by atoms with Gasteiger partial charge in [-0.1, -0.05) is 58.4 Å². The zero-order valence-corrected chi connectivity index (χ0v) is 15.3. The minimum absolute atomic E-state index is 0.250. The fourth-order valence-electron chi connectivity index (χ4n) is 2.78. The van der Waals surface area contributed by atoms with Gasteiger partial charge in [0.25, 0.3) is 6.47 Å². The number of hydrogen-bond donors (Lipinski definition) is 2. The van der Waals surface area contributed by atoms with Crippen LogP contribution in [0, 0.1) is 0 Å². The number of nitrogens with two attached hydrogens (primary N) is 1. The van der Waals surface area contributed by atoms with Crippen LogP contribution in [0.15, 0.2) is 65.1 Å². The van der Waals surface area contributed by atoms with E-state index in [1.54, 1.807) is 0 Å². The van der Waals surface area contributed by atoms with Gasteiger partial charge in [0.05, 0.1) is 5.52 Å². The lowest BCUT2D eigenvalue weighted by Crippen LogP contribution is -2.02. The molecule has 1 heterocycles. The first-order valence-electron chi connectivity index (χ1n) is 7.88. The quantitative estimate of drug-likeness (QED) is 0.478. The fourth-order valence-corrected chi connectivity index (χ4v) is 3.15. The maximum Gasteiger partial charge on any atom is 0.290 e. The average molecular weight is 410 g/mol. The molecule has 0 saturated carbocycles. The molecule has 4 aromatic rings. The molecule has 0 fully saturated rings. The van der Waals surface area contributed by atoms with Gasteiger partial charge < -0.3 is 10.8 Å². The number of aromatic nitrogens is 2. The number of carbonyl (C=O) groups is 1. The summed E-state index contributed by atoms with van der Waals surface area (Å²) in [5.74, 6) is 1.26. The first-order chi connectivity index (χ1) is 12.6. The third-order valence-corrected chi connectivity index (χ3v) is 4.40.